The van der Waals surface area contributed by atoms with Crippen molar-refractivity contribution >= 4 is 23.5 Å². The van der Waals surface area contributed by atoms with Crippen molar-refractivity contribution in [1.82, 2.24) is 9.88 Å². The van der Waals surface area contributed by atoms with Gasteiger partial charge in [0, 0.05) is 31.7 Å². The van der Waals surface area contributed by atoms with Gasteiger partial charge >= 0.3 is 6.09 Å². The third-order valence-electron chi connectivity index (χ3n) is 4.51. The monoisotopic (exact) mass is 384 g/mol. The normalized spacial score (nSPS) is 13.8. The predicted molar refractivity (Wildman–Crippen MR) is 106 cm³/mol. The van der Waals surface area contributed by atoms with E-state index in [9.17, 15) is 9.59 Å². The first kappa shape index (κ1) is 19.5. The van der Waals surface area contributed by atoms with Gasteiger partial charge in [-0.05, 0) is 43.3 Å². The molecule has 2 amide bonds. The van der Waals surface area contributed by atoms with E-state index in [0.29, 0.717) is 49.9 Å². The number of aromatic nitrogens is 1. The van der Waals surface area contributed by atoms with Gasteiger partial charge in [-0.15, -0.1) is 0 Å². The van der Waals surface area contributed by atoms with Gasteiger partial charge in [0.1, 0.15) is 11.6 Å². The van der Waals surface area contributed by atoms with Crippen LogP contribution < -0.4 is 15.0 Å². The fourth-order valence-corrected chi connectivity index (χ4v) is 2.94. The number of anilines is 2. The van der Waals surface area contributed by atoms with Gasteiger partial charge in [0.25, 0.3) is 5.91 Å². The standard InChI is InChI=1S/C20H24N4O4/c1-3-28-20(26)24-12-10-23(11-13-24)16-6-9-18(21-14-16)22-19(25)15-4-7-17(27-2)8-5-15/h4-9,14H,3,10-13H2,1-2H3,(H,21,22,25). The number of amides is 2. The molecule has 3 rings (SSSR count). The Hall–Kier alpha value is -3.29. The molecule has 0 radical (unpaired) electrons. The minimum Gasteiger partial charge on any atom is -0.497 e. The highest BCUT2D eigenvalue weighted by Crippen LogP contribution is 2.18. The molecule has 1 aromatic carbocycles. The molecule has 28 heavy (non-hydrogen) atoms. The topological polar surface area (TPSA) is 84.0 Å². The van der Waals surface area contributed by atoms with Crippen LogP contribution in [0.3, 0.4) is 0 Å². The van der Waals surface area contributed by atoms with E-state index >= 15 is 0 Å². The van der Waals surface area contributed by atoms with Gasteiger partial charge in [0.2, 0.25) is 0 Å². The van der Waals surface area contributed by atoms with E-state index < -0.39 is 0 Å². The van der Waals surface area contributed by atoms with Crippen molar-refractivity contribution in [1.29, 1.82) is 0 Å². The van der Waals surface area contributed by atoms with Crippen LogP contribution in [0.5, 0.6) is 5.75 Å². The summed E-state index contributed by atoms with van der Waals surface area (Å²) in [7, 11) is 1.58. The van der Waals surface area contributed by atoms with Crippen molar-refractivity contribution in [3.63, 3.8) is 0 Å². The summed E-state index contributed by atoms with van der Waals surface area (Å²) >= 11 is 0. The lowest BCUT2D eigenvalue weighted by molar-refractivity contribution is 0.102. The fourth-order valence-electron chi connectivity index (χ4n) is 2.94. The van der Waals surface area contributed by atoms with Crippen molar-refractivity contribution in [3.8, 4) is 5.75 Å². The lowest BCUT2D eigenvalue weighted by atomic mass is 10.2. The number of methoxy groups -OCH3 is 1. The first-order valence-corrected chi connectivity index (χ1v) is 9.19. The molecule has 2 heterocycles. The number of hydrogen-bond acceptors (Lipinski definition) is 6. The largest absolute Gasteiger partial charge is 0.497 e. The lowest BCUT2D eigenvalue weighted by Crippen LogP contribution is -2.49. The maximum atomic E-state index is 12.3. The summed E-state index contributed by atoms with van der Waals surface area (Å²) in [6.07, 6.45) is 1.46. The van der Waals surface area contributed by atoms with Crippen LogP contribution in [0.2, 0.25) is 0 Å². The Kier molecular flexibility index (Phi) is 6.31. The summed E-state index contributed by atoms with van der Waals surface area (Å²) < 4.78 is 10.1. The summed E-state index contributed by atoms with van der Waals surface area (Å²) in [6, 6.07) is 10.6. The number of piperazine rings is 1. The molecule has 1 aliphatic heterocycles. The molecule has 0 atom stereocenters. The zero-order chi connectivity index (χ0) is 19.9. The third-order valence-corrected chi connectivity index (χ3v) is 4.51. The van der Waals surface area contributed by atoms with Crippen LogP contribution >= 0.6 is 0 Å². The molecular weight excluding hydrogens is 360 g/mol. The number of carbonyl (C=O) groups is 2. The Labute approximate surface area is 164 Å². The molecule has 0 aliphatic carbocycles. The summed E-state index contributed by atoms with van der Waals surface area (Å²) in [5.74, 6) is 0.947. The van der Waals surface area contributed by atoms with Crippen LogP contribution in [0, 0.1) is 0 Å². The number of nitrogens with one attached hydrogen (secondary N) is 1. The molecule has 8 nitrogen and oxygen atoms in total. The van der Waals surface area contributed by atoms with Crippen molar-refractivity contribution in [2.24, 2.45) is 0 Å². The Morgan fingerprint density at radius 3 is 2.36 bits per heavy atom. The van der Waals surface area contributed by atoms with Gasteiger partial charge in [-0.3, -0.25) is 4.79 Å². The van der Waals surface area contributed by atoms with Gasteiger partial charge in [-0.2, -0.15) is 0 Å². The lowest BCUT2D eigenvalue weighted by Gasteiger charge is -2.35. The van der Waals surface area contributed by atoms with Gasteiger partial charge in [0.05, 0.1) is 25.6 Å². The molecule has 0 saturated carbocycles. The highest BCUT2D eigenvalue weighted by atomic mass is 16.6. The van der Waals surface area contributed by atoms with E-state index in [1.54, 1.807) is 55.5 Å². The number of hydrogen-bond donors (Lipinski definition) is 1. The Balaban J connectivity index is 1.55. The summed E-state index contributed by atoms with van der Waals surface area (Å²) in [5.41, 5.74) is 1.48. The molecule has 0 bridgehead atoms. The van der Waals surface area contributed by atoms with Crippen LogP contribution in [0.25, 0.3) is 0 Å². The molecule has 8 heteroatoms. The second-order valence-electron chi connectivity index (χ2n) is 6.26. The van der Waals surface area contributed by atoms with Gasteiger partial charge in [-0.25, -0.2) is 9.78 Å². The third kappa shape index (κ3) is 4.70. The SMILES string of the molecule is CCOC(=O)N1CCN(c2ccc(NC(=O)c3ccc(OC)cc3)nc2)CC1. The Morgan fingerprint density at radius 2 is 1.79 bits per heavy atom. The Bertz CT molecular complexity index is 800. The van der Waals surface area contributed by atoms with E-state index in [0.717, 1.165) is 5.69 Å². The van der Waals surface area contributed by atoms with Crippen LogP contribution in [0.1, 0.15) is 17.3 Å². The van der Waals surface area contributed by atoms with E-state index in [4.69, 9.17) is 9.47 Å². The molecule has 1 aliphatic rings. The minimum atomic E-state index is -0.267. The number of pyridine rings is 1. The number of nitrogens with zero attached hydrogens (tertiary/aromatic N) is 3. The van der Waals surface area contributed by atoms with Gasteiger partial charge in [-0.1, -0.05) is 0 Å². The van der Waals surface area contributed by atoms with Crippen molar-refractivity contribution < 1.29 is 19.1 Å². The zero-order valence-electron chi connectivity index (χ0n) is 16.1. The Morgan fingerprint density at radius 1 is 1.07 bits per heavy atom. The van der Waals surface area contributed by atoms with Crippen molar-refractivity contribution in [2.45, 2.75) is 6.92 Å². The fraction of sp³-hybridized carbons (Fsp3) is 0.350. The molecule has 148 valence electrons. The van der Waals surface area contributed by atoms with E-state index in [1.807, 2.05) is 6.07 Å². The van der Waals surface area contributed by atoms with Crippen LogP contribution in [-0.4, -0.2) is 61.8 Å². The van der Waals surface area contributed by atoms with E-state index in [2.05, 4.69) is 15.2 Å². The molecule has 1 fully saturated rings. The molecule has 0 unspecified atom stereocenters. The van der Waals surface area contributed by atoms with Crippen LogP contribution in [-0.2, 0) is 4.74 Å². The molecule has 2 aromatic rings. The minimum absolute atomic E-state index is 0.231. The number of ether oxygens (including phenoxy) is 2. The van der Waals surface area contributed by atoms with Gasteiger partial charge in [0.15, 0.2) is 0 Å². The maximum Gasteiger partial charge on any atom is 0.409 e. The molecule has 1 saturated heterocycles. The smallest absolute Gasteiger partial charge is 0.409 e. The maximum absolute atomic E-state index is 12.3. The number of benzene rings is 1. The average Bonchev–Trinajstić information content (AvgIpc) is 2.74. The summed E-state index contributed by atoms with van der Waals surface area (Å²) in [5, 5.41) is 2.78. The van der Waals surface area contributed by atoms with E-state index in [1.165, 1.54) is 0 Å². The van der Waals surface area contributed by atoms with Crippen LogP contribution in [0.15, 0.2) is 42.6 Å². The zero-order valence-corrected chi connectivity index (χ0v) is 16.1. The highest BCUT2D eigenvalue weighted by Gasteiger charge is 2.22. The van der Waals surface area contributed by atoms with Gasteiger partial charge < -0.3 is 24.6 Å². The molecule has 1 N–H and O–H groups in total. The average molecular weight is 384 g/mol. The van der Waals surface area contributed by atoms with Crippen LogP contribution in [0.4, 0.5) is 16.3 Å². The second-order valence-corrected chi connectivity index (χ2v) is 6.26. The summed E-state index contributed by atoms with van der Waals surface area (Å²) in [6.45, 7) is 4.81. The molecule has 0 spiro atoms. The second kappa shape index (κ2) is 9.07. The number of rotatable bonds is 5. The quantitative estimate of drug-likeness (QED) is 0.853. The number of carbonyl (C=O) groups excluding carboxylic acids is 2. The first-order valence-electron chi connectivity index (χ1n) is 9.19. The highest BCUT2D eigenvalue weighted by molar-refractivity contribution is 6.03. The predicted octanol–water partition coefficient (Wildman–Crippen LogP) is 2.62. The molecule has 1 aromatic heterocycles. The van der Waals surface area contributed by atoms with Crippen molar-refractivity contribution in [2.75, 3.05) is 50.1 Å². The van der Waals surface area contributed by atoms with Crippen molar-refractivity contribution in [3.05, 3.63) is 48.2 Å². The first-order chi connectivity index (χ1) is 13.6. The summed E-state index contributed by atoms with van der Waals surface area (Å²) in [4.78, 5) is 32.3. The molecular formula is C20H24N4O4. The van der Waals surface area contributed by atoms with E-state index in [-0.39, 0.29) is 12.0 Å².